The van der Waals surface area contributed by atoms with Gasteiger partial charge in [-0.05, 0) is 30.5 Å². The van der Waals surface area contributed by atoms with E-state index in [1.807, 2.05) is 24.3 Å². The minimum Gasteiger partial charge on any atom is -0.364 e. The third kappa shape index (κ3) is 6.19. The average molecular weight is 440 g/mol. The van der Waals surface area contributed by atoms with E-state index in [2.05, 4.69) is 20.4 Å². The number of aryl methyl sites for hydroxylation is 1. The number of rotatable bonds is 7. The minimum atomic E-state index is -3.40. The second-order valence-corrected chi connectivity index (χ2v) is 9.24. The van der Waals surface area contributed by atoms with Gasteiger partial charge in [-0.2, -0.15) is 4.31 Å². The number of guanidine groups is 1. The first-order chi connectivity index (χ1) is 14.0. The summed E-state index contributed by atoms with van der Waals surface area (Å²) in [4.78, 5) is 6.43. The Kier molecular flexibility index (Phi) is 7.51. The second kappa shape index (κ2) is 10.1. The summed E-state index contributed by atoms with van der Waals surface area (Å²) < 4.78 is 31.3. The Morgan fingerprint density at radius 1 is 1.21 bits per heavy atom. The highest BCUT2D eigenvalue weighted by molar-refractivity contribution is 7.88. The first kappa shape index (κ1) is 21.6. The van der Waals surface area contributed by atoms with Crippen LogP contribution in [0.25, 0.3) is 0 Å². The zero-order valence-corrected chi connectivity index (χ0v) is 18.0. The van der Waals surface area contributed by atoms with Gasteiger partial charge in [0.1, 0.15) is 12.0 Å². The van der Waals surface area contributed by atoms with Crippen LogP contribution in [0.4, 0.5) is 0 Å². The molecule has 1 aliphatic heterocycles. The average Bonchev–Trinajstić information content (AvgIpc) is 3.22. The van der Waals surface area contributed by atoms with Crippen molar-refractivity contribution in [3.05, 3.63) is 52.9 Å². The van der Waals surface area contributed by atoms with Crippen LogP contribution >= 0.6 is 11.6 Å². The van der Waals surface area contributed by atoms with Crippen molar-refractivity contribution in [1.82, 2.24) is 19.7 Å². The van der Waals surface area contributed by atoms with Crippen LogP contribution < -0.4 is 5.32 Å². The van der Waals surface area contributed by atoms with Gasteiger partial charge in [-0.15, -0.1) is 0 Å². The molecule has 1 saturated heterocycles. The number of piperazine rings is 1. The summed E-state index contributed by atoms with van der Waals surface area (Å²) in [6.45, 7) is 2.82. The van der Waals surface area contributed by atoms with Crippen molar-refractivity contribution in [2.24, 2.45) is 4.99 Å². The van der Waals surface area contributed by atoms with Crippen molar-refractivity contribution >= 4 is 27.6 Å². The van der Waals surface area contributed by atoms with E-state index in [9.17, 15) is 8.42 Å². The fraction of sp³-hybridized carbons (Fsp3) is 0.474. The van der Waals surface area contributed by atoms with Crippen LogP contribution in [0.3, 0.4) is 0 Å². The molecule has 1 fully saturated rings. The largest absolute Gasteiger partial charge is 0.364 e. The normalized spacial score (nSPS) is 16.2. The van der Waals surface area contributed by atoms with Crippen LogP contribution in [0.15, 0.2) is 46.1 Å². The van der Waals surface area contributed by atoms with Gasteiger partial charge in [0, 0.05) is 50.9 Å². The number of aromatic nitrogens is 1. The molecule has 158 valence electrons. The molecule has 8 nitrogen and oxygen atoms in total. The summed E-state index contributed by atoms with van der Waals surface area (Å²) in [7, 11) is -1.66. The third-order valence-corrected chi connectivity index (χ3v) is 6.87. The zero-order valence-electron chi connectivity index (χ0n) is 16.4. The van der Waals surface area contributed by atoms with E-state index >= 15 is 0 Å². The predicted molar refractivity (Wildman–Crippen MR) is 113 cm³/mol. The van der Waals surface area contributed by atoms with Gasteiger partial charge in [-0.1, -0.05) is 28.9 Å². The lowest BCUT2D eigenvalue weighted by Crippen LogP contribution is -2.54. The van der Waals surface area contributed by atoms with Crippen LogP contribution in [0, 0.1) is 0 Å². The van der Waals surface area contributed by atoms with E-state index in [0.717, 1.165) is 30.4 Å². The molecule has 1 aromatic carbocycles. The maximum Gasteiger partial charge on any atom is 0.220 e. The second-order valence-electron chi connectivity index (χ2n) is 6.84. The molecule has 2 aromatic rings. The Bertz CT molecular complexity index is 892. The van der Waals surface area contributed by atoms with E-state index < -0.39 is 10.0 Å². The summed E-state index contributed by atoms with van der Waals surface area (Å²) in [5.41, 5.74) is 1.67. The van der Waals surface area contributed by atoms with Crippen LogP contribution in [-0.4, -0.2) is 68.5 Å². The first-order valence-electron chi connectivity index (χ1n) is 9.55. The Morgan fingerprint density at radius 2 is 1.93 bits per heavy atom. The smallest absolute Gasteiger partial charge is 0.220 e. The minimum absolute atomic E-state index is 0.138. The quantitative estimate of drug-likeness (QED) is 0.403. The molecule has 0 saturated carbocycles. The molecule has 0 spiro atoms. The van der Waals surface area contributed by atoms with Crippen molar-refractivity contribution in [2.45, 2.75) is 18.6 Å². The molecule has 1 aliphatic rings. The van der Waals surface area contributed by atoms with E-state index in [-0.39, 0.29) is 5.75 Å². The number of hydrogen-bond acceptors (Lipinski definition) is 5. The van der Waals surface area contributed by atoms with Gasteiger partial charge in [0.2, 0.25) is 10.0 Å². The fourth-order valence-electron chi connectivity index (χ4n) is 3.24. The topological polar surface area (TPSA) is 91.0 Å². The number of nitrogens with zero attached hydrogens (tertiary/aromatic N) is 4. The lowest BCUT2D eigenvalue weighted by atomic mass is 10.1. The number of halogens is 1. The maximum absolute atomic E-state index is 12.5. The number of benzene rings is 1. The van der Waals surface area contributed by atoms with Crippen LogP contribution in [0.5, 0.6) is 0 Å². The highest BCUT2D eigenvalue weighted by Gasteiger charge is 2.28. The predicted octanol–water partition coefficient (Wildman–Crippen LogP) is 1.98. The number of nitrogens with one attached hydrogen (secondary N) is 1. The summed E-state index contributed by atoms with van der Waals surface area (Å²) >= 11 is 5.91. The van der Waals surface area contributed by atoms with Crippen molar-refractivity contribution in [3.8, 4) is 0 Å². The Hall–Kier alpha value is -2.10. The van der Waals surface area contributed by atoms with E-state index in [4.69, 9.17) is 16.1 Å². The van der Waals surface area contributed by atoms with E-state index in [1.165, 1.54) is 16.1 Å². The molecule has 0 unspecified atom stereocenters. The lowest BCUT2D eigenvalue weighted by Gasteiger charge is -2.35. The van der Waals surface area contributed by atoms with Gasteiger partial charge in [0.05, 0.1) is 5.69 Å². The molecular formula is C19H26ClN5O3S. The molecule has 3 rings (SSSR count). The van der Waals surface area contributed by atoms with Gasteiger partial charge in [-0.25, -0.2) is 8.42 Å². The molecule has 2 heterocycles. The Morgan fingerprint density at radius 3 is 2.55 bits per heavy atom. The SMILES string of the molecule is CN=C(NCCCc1ccc(Cl)cc1)N1CCN(S(=O)(=O)Cc2ccon2)CC1. The zero-order chi connectivity index (χ0) is 20.7. The standard InChI is InChI=1S/C19H26ClN5O3S/c1-21-19(22-9-2-3-16-4-6-17(20)7-5-16)24-10-12-25(13-11-24)29(26,27)15-18-8-14-28-23-18/h4-8,14H,2-3,9-13,15H2,1H3,(H,21,22). The number of aliphatic imine (C=N–C) groups is 1. The third-order valence-electron chi connectivity index (χ3n) is 4.80. The molecule has 1 aromatic heterocycles. The highest BCUT2D eigenvalue weighted by atomic mass is 35.5. The van der Waals surface area contributed by atoms with Crippen LogP contribution in [0.2, 0.25) is 5.02 Å². The number of hydrogen-bond donors (Lipinski definition) is 1. The lowest BCUT2D eigenvalue weighted by molar-refractivity contribution is 0.260. The van der Waals surface area contributed by atoms with Crippen molar-refractivity contribution < 1.29 is 12.9 Å². The van der Waals surface area contributed by atoms with Crippen molar-refractivity contribution in [3.63, 3.8) is 0 Å². The van der Waals surface area contributed by atoms with Gasteiger partial charge < -0.3 is 14.7 Å². The van der Waals surface area contributed by atoms with Crippen molar-refractivity contribution in [1.29, 1.82) is 0 Å². The van der Waals surface area contributed by atoms with Gasteiger partial charge in [0.25, 0.3) is 0 Å². The summed E-state index contributed by atoms with van der Waals surface area (Å²) in [6.07, 6.45) is 3.30. The monoisotopic (exact) mass is 439 g/mol. The molecule has 1 N–H and O–H groups in total. The molecule has 0 aliphatic carbocycles. The van der Waals surface area contributed by atoms with Gasteiger partial charge in [-0.3, -0.25) is 4.99 Å². The first-order valence-corrected chi connectivity index (χ1v) is 11.5. The molecule has 29 heavy (non-hydrogen) atoms. The van der Waals surface area contributed by atoms with Crippen molar-refractivity contribution in [2.75, 3.05) is 39.8 Å². The van der Waals surface area contributed by atoms with Gasteiger partial charge >= 0.3 is 0 Å². The van der Waals surface area contributed by atoms with Gasteiger partial charge in [0.15, 0.2) is 5.96 Å². The molecular weight excluding hydrogens is 414 g/mol. The maximum atomic E-state index is 12.5. The Labute approximate surface area is 176 Å². The number of sulfonamides is 1. The molecule has 0 radical (unpaired) electrons. The Balaban J connectivity index is 1.43. The molecule has 0 atom stereocenters. The summed E-state index contributed by atoms with van der Waals surface area (Å²) in [5.74, 6) is 0.663. The molecule has 10 heteroatoms. The molecule has 0 bridgehead atoms. The molecule has 0 amide bonds. The van der Waals surface area contributed by atoms with Crippen LogP contribution in [-0.2, 0) is 22.2 Å². The summed E-state index contributed by atoms with van der Waals surface area (Å²) in [5, 5.41) is 7.81. The fourth-order valence-corrected chi connectivity index (χ4v) is 4.80. The van der Waals surface area contributed by atoms with E-state index in [0.29, 0.717) is 31.9 Å². The van der Waals surface area contributed by atoms with E-state index in [1.54, 1.807) is 13.1 Å². The summed E-state index contributed by atoms with van der Waals surface area (Å²) in [6, 6.07) is 9.45. The highest BCUT2D eigenvalue weighted by Crippen LogP contribution is 2.13. The van der Waals surface area contributed by atoms with Crippen LogP contribution in [0.1, 0.15) is 17.7 Å².